The van der Waals surface area contributed by atoms with Crippen LogP contribution in [0.3, 0.4) is 0 Å². The molecule has 0 aromatic heterocycles. The SMILES string of the molecule is COc1ccc(CN(C)C(=O)[C@]2(C)CCCNC2)cc1F. The lowest BCUT2D eigenvalue weighted by atomic mass is 9.81. The van der Waals surface area contributed by atoms with Gasteiger partial charge in [-0.15, -0.1) is 0 Å². The van der Waals surface area contributed by atoms with Crippen LogP contribution in [0.2, 0.25) is 0 Å². The number of benzene rings is 1. The molecule has 1 amide bonds. The Labute approximate surface area is 125 Å². The van der Waals surface area contributed by atoms with Gasteiger partial charge in [-0.25, -0.2) is 4.39 Å². The number of halogens is 1. The molecule has 116 valence electrons. The molecule has 1 saturated heterocycles. The summed E-state index contributed by atoms with van der Waals surface area (Å²) in [7, 11) is 3.20. The van der Waals surface area contributed by atoms with Crippen molar-refractivity contribution in [1.82, 2.24) is 10.2 Å². The molecule has 0 unspecified atom stereocenters. The first kappa shape index (κ1) is 15.8. The molecule has 2 rings (SSSR count). The van der Waals surface area contributed by atoms with Gasteiger partial charge < -0.3 is 15.0 Å². The molecule has 5 heteroatoms. The van der Waals surface area contributed by atoms with Crippen LogP contribution in [0.15, 0.2) is 18.2 Å². The van der Waals surface area contributed by atoms with Crippen molar-refractivity contribution in [2.24, 2.45) is 5.41 Å². The smallest absolute Gasteiger partial charge is 0.229 e. The highest BCUT2D eigenvalue weighted by atomic mass is 19.1. The van der Waals surface area contributed by atoms with Gasteiger partial charge in [0.1, 0.15) is 0 Å². The lowest BCUT2D eigenvalue weighted by Crippen LogP contribution is -2.48. The van der Waals surface area contributed by atoms with E-state index >= 15 is 0 Å². The van der Waals surface area contributed by atoms with Crippen molar-refractivity contribution in [3.8, 4) is 5.75 Å². The third kappa shape index (κ3) is 3.53. The summed E-state index contributed by atoms with van der Waals surface area (Å²) in [4.78, 5) is 14.3. The molecular formula is C16H23FN2O2. The van der Waals surface area contributed by atoms with Crippen LogP contribution in [0.25, 0.3) is 0 Å². The minimum absolute atomic E-state index is 0.103. The molecule has 0 spiro atoms. The number of hydrogen-bond acceptors (Lipinski definition) is 3. The number of carbonyl (C=O) groups is 1. The van der Waals surface area contributed by atoms with Crippen LogP contribution in [0.1, 0.15) is 25.3 Å². The standard InChI is InChI=1S/C16H23FN2O2/c1-16(7-4-8-18-11-16)15(20)19(2)10-12-5-6-14(21-3)13(17)9-12/h5-6,9,18H,4,7-8,10-11H2,1-3H3/t16-/m1/s1. The summed E-state index contributed by atoms with van der Waals surface area (Å²) < 4.78 is 18.6. The molecule has 0 saturated carbocycles. The molecule has 1 N–H and O–H groups in total. The minimum Gasteiger partial charge on any atom is -0.494 e. The molecule has 1 heterocycles. The van der Waals surface area contributed by atoms with Crippen molar-refractivity contribution < 1.29 is 13.9 Å². The molecule has 1 aliphatic heterocycles. The fourth-order valence-electron chi connectivity index (χ4n) is 2.85. The monoisotopic (exact) mass is 294 g/mol. The van der Waals surface area contributed by atoms with Gasteiger partial charge in [-0.3, -0.25) is 4.79 Å². The van der Waals surface area contributed by atoms with Gasteiger partial charge in [0, 0.05) is 20.1 Å². The zero-order valence-corrected chi connectivity index (χ0v) is 12.9. The Morgan fingerprint density at radius 1 is 1.52 bits per heavy atom. The summed E-state index contributed by atoms with van der Waals surface area (Å²) >= 11 is 0. The summed E-state index contributed by atoms with van der Waals surface area (Å²) in [5.41, 5.74) is 0.398. The lowest BCUT2D eigenvalue weighted by Gasteiger charge is -2.36. The number of nitrogens with zero attached hydrogens (tertiary/aromatic N) is 1. The van der Waals surface area contributed by atoms with E-state index in [2.05, 4.69) is 5.32 Å². The molecule has 1 aromatic carbocycles. The van der Waals surface area contributed by atoms with Crippen LogP contribution in [0.4, 0.5) is 4.39 Å². The highest BCUT2D eigenvalue weighted by Crippen LogP contribution is 2.28. The Morgan fingerprint density at radius 2 is 2.29 bits per heavy atom. The van der Waals surface area contributed by atoms with Crippen molar-refractivity contribution in [2.75, 3.05) is 27.2 Å². The predicted octanol–water partition coefficient (Wildman–Crippen LogP) is 2.18. The van der Waals surface area contributed by atoms with Gasteiger partial charge in [-0.1, -0.05) is 6.07 Å². The molecule has 0 radical (unpaired) electrons. The largest absolute Gasteiger partial charge is 0.494 e. The molecule has 1 fully saturated rings. The molecule has 1 aromatic rings. The Kier molecular flexibility index (Phi) is 4.83. The number of nitrogens with one attached hydrogen (secondary N) is 1. The number of amides is 1. The summed E-state index contributed by atoms with van der Waals surface area (Å²) in [6.45, 7) is 4.06. The van der Waals surface area contributed by atoms with Crippen LogP contribution in [0, 0.1) is 11.2 Å². The maximum absolute atomic E-state index is 13.7. The first-order chi connectivity index (χ1) is 9.96. The maximum atomic E-state index is 13.7. The number of ether oxygens (including phenoxy) is 1. The number of piperidine rings is 1. The van der Waals surface area contributed by atoms with E-state index in [1.165, 1.54) is 13.2 Å². The van der Waals surface area contributed by atoms with Crippen LogP contribution < -0.4 is 10.1 Å². The minimum atomic E-state index is -0.401. The highest BCUT2D eigenvalue weighted by molar-refractivity contribution is 5.82. The van der Waals surface area contributed by atoms with Crippen molar-refractivity contribution in [3.63, 3.8) is 0 Å². The maximum Gasteiger partial charge on any atom is 0.229 e. The predicted molar refractivity (Wildman–Crippen MR) is 79.6 cm³/mol. The number of hydrogen-bond donors (Lipinski definition) is 1. The molecule has 0 aliphatic carbocycles. The van der Waals surface area contributed by atoms with Crippen LogP contribution >= 0.6 is 0 Å². The van der Waals surface area contributed by atoms with E-state index in [1.807, 2.05) is 6.92 Å². The van der Waals surface area contributed by atoms with E-state index < -0.39 is 5.82 Å². The third-order valence-electron chi connectivity index (χ3n) is 4.10. The molecule has 0 bridgehead atoms. The summed E-state index contributed by atoms with van der Waals surface area (Å²) in [5.74, 6) is -0.0801. The van der Waals surface area contributed by atoms with Crippen molar-refractivity contribution in [1.29, 1.82) is 0 Å². The van der Waals surface area contributed by atoms with E-state index in [0.29, 0.717) is 13.1 Å². The zero-order valence-electron chi connectivity index (χ0n) is 12.9. The van der Waals surface area contributed by atoms with E-state index in [-0.39, 0.29) is 17.1 Å². The zero-order chi connectivity index (χ0) is 15.5. The Morgan fingerprint density at radius 3 is 2.86 bits per heavy atom. The van der Waals surface area contributed by atoms with Crippen LogP contribution in [0.5, 0.6) is 5.75 Å². The normalized spacial score (nSPS) is 21.9. The second-order valence-corrected chi connectivity index (χ2v) is 5.97. The van der Waals surface area contributed by atoms with Gasteiger partial charge in [-0.2, -0.15) is 0 Å². The number of methoxy groups -OCH3 is 1. The second kappa shape index (κ2) is 6.43. The lowest BCUT2D eigenvalue weighted by molar-refractivity contribution is -0.141. The Bertz CT molecular complexity index is 513. The van der Waals surface area contributed by atoms with Crippen molar-refractivity contribution in [3.05, 3.63) is 29.6 Å². The van der Waals surface area contributed by atoms with E-state index in [9.17, 15) is 9.18 Å². The fourth-order valence-corrected chi connectivity index (χ4v) is 2.85. The molecule has 1 aliphatic rings. The molecular weight excluding hydrogens is 271 g/mol. The van der Waals surface area contributed by atoms with Gasteiger partial charge in [0.25, 0.3) is 0 Å². The average Bonchev–Trinajstić information content (AvgIpc) is 2.47. The van der Waals surface area contributed by atoms with Crippen LogP contribution in [-0.4, -0.2) is 38.1 Å². The topological polar surface area (TPSA) is 41.6 Å². The molecule has 4 nitrogen and oxygen atoms in total. The van der Waals surface area contributed by atoms with E-state index in [1.54, 1.807) is 24.1 Å². The first-order valence-electron chi connectivity index (χ1n) is 7.25. The van der Waals surface area contributed by atoms with Crippen LogP contribution in [-0.2, 0) is 11.3 Å². The van der Waals surface area contributed by atoms with Crippen molar-refractivity contribution in [2.45, 2.75) is 26.3 Å². The van der Waals surface area contributed by atoms with Gasteiger partial charge in [0.2, 0.25) is 5.91 Å². The van der Waals surface area contributed by atoms with Gasteiger partial charge in [0.05, 0.1) is 12.5 Å². The summed E-state index contributed by atoms with van der Waals surface area (Å²) in [5, 5.41) is 3.28. The number of rotatable bonds is 4. The molecule has 21 heavy (non-hydrogen) atoms. The number of carbonyl (C=O) groups excluding carboxylic acids is 1. The molecule has 1 atom stereocenters. The van der Waals surface area contributed by atoms with Gasteiger partial charge >= 0.3 is 0 Å². The van der Waals surface area contributed by atoms with E-state index in [0.717, 1.165) is 24.9 Å². The first-order valence-corrected chi connectivity index (χ1v) is 7.25. The second-order valence-electron chi connectivity index (χ2n) is 5.97. The van der Waals surface area contributed by atoms with E-state index in [4.69, 9.17) is 4.74 Å². The third-order valence-corrected chi connectivity index (χ3v) is 4.10. The Balaban J connectivity index is 2.05. The average molecular weight is 294 g/mol. The fraction of sp³-hybridized carbons (Fsp3) is 0.562. The Hall–Kier alpha value is -1.62. The quantitative estimate of drug-likeness (QED) is 0.925. The summed E-state index contributed by atoms with van der Waals surface area (Å²) in [6.07, 6.45) is 1.90. The van der Waals surface area contributed by atoms with Gasteiger partial charge in [0.15, 0.2) is 11.6 Å². The van der Waals surface area contributed by atoms with Gasteiger partial charge in [-0.05, 0) is 44.0 Å². The van der Waals surface area contributed by atoms with Crippen molar-refractivity contribution >= 4 is 5.91 Å². The highest BCUT2D eigenvalue weighted by Gasteiger charge is 2.36. The summed E-state index contributed by atoms with van der Waals surface area (Å²) in [6, 6.07) is 4.80.